The molecule has 0 bridgehead atoms. The molecule has 0 spiro atoms. The third kappa shape index (κ3) is 3.47. The van der Waals surface area contributed by atoms with E-state index in [1.54, 1.807) is 0 Å². The quantitative estimate of drug-likeness (QED) is 0.764. The van der Waals surface area contributed by atoms with Gasteiger partial charge in [-0.05, 0) is 17.9 Å². The Morgan fingerprint density at radius 3 is 3.07 bits per heavy atom. The molecule has 78 valence electrons. The molecule has 0 amide bonds. The van der Waals surface area contributed by atoms with Gasteiger partial charge in [-0.3, -0.25) is 4.79 Å². The van der Waals surface area contributed by atoms with E-state index in [4.69, 9.17) is 4.74 Å². The zero-order valence-corrected chi connectivity index (χ0v) is 8.92. The fourth-order valence-corrected chi connectivity index (χ4v) is 1.73. The van der Waals surface area contributed by atoms with Crippen LogP contribution in [0.1, 0.15) is 30.7 Å². The molecule has 1 atom stereocenters. The molecule has 0 radical (unpaired) electrons. The minimum Gasteiger partial charge on any atom is -0.466 e. The van der Waals surface area contributed by atoms with Crippen LogP contribution >= 0.6 is 11.3 Å². The molecule has 1 heterocycles. The van der Waals surface area contributed by atoms with E-state index < -0.39 is 6.10 Å². The van der Waals surface area contributed by atoms with Crippen LogP contribution < -0.4 is 0 Å². The number of hydrogen-bond donors (Lipinski definition) is 1. The second kappa shape index (κ2) is 5.78. The maximum atomic E-state index is 11.1. The summed E-state index contributed by atoms with van der Waals surface area (Å²) in [6, 6.07) is 3.66. The van der Waals surface area contributed by atoms with Gasteiger partial charge in [0.1, 0.15) is 0 Å². The number of carbonyl (C=O) groups is 1. The lowest BCUT2D eigenvalue weighted by Crippen LogP contribution is -2.09. The van der Waals surface area contributed by atoms with Gasteiger partial charge in [-0.15, -0.1) is 11.3 Å². The molecule has 0 aliphatic rings. The number of thiophene rings is 1. The fourth-order valence-electron chi connectivity index (χ4n) is 1.01. The molecular weight excluding hydrogens is 200 g/mol. The second-order valence-corrected chi connectivity index (χ2v) is 3.94. The Hall–Kier alpha value is -0.870. The zero-order chi connectivity index (χ0) is 10.4. The van der Waals surface area contributed by atoms with Crippen molar-refractivity contribution in [2.24, 2.45) is 0 Å². The molecule has 4 heteroatoms. The van der Waals surface area contributed by atoms with Crippen molar-refractivity contribution in [1.82, 2.24) is 0 Å². The van der Waals surface area contributed by atoms with Crippen LogP contribution in [0.4, 0.5) is 0 Å². The molecule has 0 aromatic carbocycles. The summed E-state index contributed by atoms with van der Waals surface area (Å²) in [6.45, 7) is 2.36. The highest BCUT2D eigenvalue weighted by atomic mass is 32.1. The maximum Gasteiger partial charge on any atom is 0.308 e. The number of aliphatic hydroxyl groups excluding tert-OH is 1. The molecule has 0 saturated heterocycles. The Kier molecular flexibility index (Phi) is 4.62. The van der Waals surface area contributed by atoms with Gasteiger partial charge in [0.2, 0.25) is 0 Å². The SMILES string of the molecule is CCCOC(=O)CC(O)c1cccs1. The Bertz CT molecular complexity index is 269. The van der Waals surface area contributed by atoms with Crippen LogP contribution in [0.25, 0.3) is 0 Å². The highest BCUT2D eigenvalue weighted by Crippen LogP contribution is 2.21. The van der Waals surface area contributed by atoms with Gasteiger partial charge < -0.3 is 9.84 Å². The molecule has 0 aliphatic heterocycles. The third-order valence-corrected chi connectivity index (χ3v) is 2.67. The number of ether oxygens (including phenoxy) is 1. The van der Waals surface area contributed by atoms with Gasteiger partial charge in [0.15, 0.2) is 0 Å². The first-order chi connectivity index (χ1) is 6.74. The molecule has 0 saturated carbocycles. The summed E-state index contributed by atoms with van der Waals surface area (Å²) < 4.78 is 4.87. The van der Waals surface area contributed by atoms with Crippen molar-refractivity contribution in [3.63, 3.8) is 0 Å². The first-order valence-electron chi connectivity index (χ1n) is 4.61. The molecule has 1 rings (SSSR count). The maximum absolute atomic E-state index is 11.1. The van der Waals surface area contributed by atoms with Crippen molar-refractivity contribution in [2.75, 3.05) is 6.61 Å². The molecule has 14 heavy (non-hydrogen) atoms. The number of carbonyl (C=O) groups excluding carboxylic acids is 1. The van der Waals surface area contributed by atoms with Crippen molar-refractivity contribution in [3.8, 4) is 0 Å². The van der Waals surface area contributed by atoms with Crippen LogP contribution in [0.2, 0.25) is 0 Å². The van der Waals surface area contributed by atoms with E-state index in [2.05, 4.69) is 0 Å². The molecule has 3 nitrogen and oxygen atoms in total. The van der Waals surface area contributed by atoms with Gasteiger partial charge in [0, 0.05) is 4.88 Å². The van der Waals surface area contributed by atoms with E-state index in [1.165, 1.54) is 11.3 Å². The van der Waals surface area contributed by atoms with Gasteiger partial charge in [-0.25, -0.2) is 0 Å². The highest BCUT2D eigenvalue weighted by molar-refractivity contribution is 7.10. The van der Waals surface area contributed by atoms with Gasteiger partial charge in [-0.1, -0.05) is 13.0 Å². The van der Waals surface area contributed by atoms with Gasteiger partial charge in [0.25, 0.3) is 0 Å². The Labute approximate surface area is 87.3 Å². The van der Waals surface area contributed by atoms with Gasteiger partial charge in [-0.2, -0.15) is 0 Å². The van der Waals surface area contributed by atoms with E-state index in [-0.39, 0.29) is 12.4 Å². The van der Waals surface area contributed by atoms with Crippen LogP contribution in [0.5, 0.6) is 0 Å². The first-order valence-corrected chi connectivity index (χ1v) is 5.49. The fraction of sp³-hybridized carbons (Fsp3) is 0.500. The van der Waals surface area contributed by atoms with Crippen LogP contribution in [-0.4, -0.2) is 17.7 Å². The summed E-state index contributed by atoms with van der Waals surface area (Å²) in [6.07, 6.45) is 0.126. The number of hydrogen-bond acceptors (Lipinski definition) is 4. The average molecular weight is 214 g/mol. The lowest BCUT2D eigenvalue weighted by Gasteiger charge is -2.07. The molecule has 0 fully saturated rings. The van der Waals surface area contributed by atoms with Gasteiger partial charge in [0.05, 0.1) is 19.1 Å². The smallest absolute Gasteiger partial charge is 0.308 e. The van der Waals surface area contributed by atoms with E-state index in [1.807, 2.05) is 24.4 Å². The van der Waals surface area contributed by atoms with Crippen molar-refractivity contribution < 1.29 is 14.6 Å². The summed E-state index contributed by atoms with van der Waals surface area (Å²) in [4.78, 5) is 11.9. The average Bonchev–Trinajstić information content (AvgIpc) is 2.67. The number of aliphatic hydroxyl groups is 1. The first kappa shape index (κ1) is 11.2. The predicted molar refractivity (Wildman–Crippen MR) is 55.1 cm³/mol. The standard InChI is InChI=1S/C10H14O3S/c1-2-5-13-10(12)7-8(11)9-4-3-6-14-9/h3-4,6,8,11H,2,5,7H2,1H3. The van der Waals surface area contributed by atoms with Crippen LogP contribution in [0, 0.1) is 0 Å². The summed E-state index contributed by atoms with van der Waals surface area (Å²) in [5.74, 6) is -0.340. The summed E-state index contributed by atoms with van der Waals surface area (Å²) in [7, 11) is 0. The molecule has 0 aliphatic carbocycles. The van der Waals surface area contributed by atoms with Crippen LogP contribution in [-0.2, 0) is 9.53 Å². The van der Waals surface area contributed by atoms with Crippen molar-refractivity contribution in [3.05, 3.63) is 22.4 Å². The van der Waals surface area contributed by atoms with Gasteiger partial charge >= 0.3 is 5.97 Å². The summed E-state index contributed by atoms with van der Waals surface area (Å²) in [5.41, 5.74) is 0. The molecule has 1 unspecified atom stereocenters. The van der Waals surface area contributed by atoms with Crippen molar-refractivity contribution in [1.29, 1.82) is 0 Å². The molecular formula is C10H14O3S. The van der Waals surface area contributed by atoms with Crippen molar-refractivity contribution in [2.45, 2.75) is 25.9 Å². The minimum absolute atomic E-state index is 0.0422. The van der Waals surface area contributed by atoms with Crippen molar-refractivity contribution >= 4 is 17.3 Å². The van der Waals surface area contributed by atoms with E-state index >= 15 is 0 Å². The second-order valence-electron chi connectivity index (χ2n) is 2.96. The number of rotatable bonds is 5. The van der Waals surface area contributed by atoms with Crippen LogP contribution in [0.3, 0.4) is 0 Å². The van der Waals surface area contributed by atoms with Crippen LogP contribution in [0.15, 0.2) is 17.5 Å². The normalized spacial score (nSPS) is 12.4. The van der Waals surface area contributed by atoms with E-state index in [0.29, 0.717) is 6.61 Å². The Balaban J connectivity index is 2.33. The highest BCUT2D eigenvalue weighted by Gasteiger charge is 2.14. The largest absolute Gasteiger partial charge is 0.466 e. The Morgan fingerprint density at radius 1 is 1.71 bits per heavy atom. The topological polar surface area (TPSA) is 46.5 Å². The van der Waals surface area contributed by atoms with E-state index in [9.17, 15) is 9.90 Å². The molecule has 1 aromatic rings. The Morgan fingerprint density at radius 2 is 2.50 bits per heavy atom. The molecule has 1 N–H and O–H groups in total. The third-order valence-electron chi connectivity index (χ3n) is 1.70. The lowest BCUT2D eigenvalue weighted by molar-refractivity contribution is -0.145. The lowest BCUT2D eigenvalue weighted by atomic mass is 10.2. The minimum atomic E-state index is -0.723. The van der Waals surface area contributed by atoms with E-state index in [0.717, 1.165) is 11.3 Å². The summed E-state index contributed by atoms with van der Waals surface area (Å²) in [5, 5.41) is 11.5. The zero-order valence-electron chi connectivity index (χ0n) is 8.10. The summed E-state index contributed by atoms with van der Waals surface area (Å²) >= 11 is 1.44. The monoisotopic (exact) mass is 214 g/mol. The number of esters is 1. The predicted octanol–water partition coefficient (Wildman–Crippen LogP) is 2.12. The molecule has 1 aromatic heterocycles.